The lowest BCUT2D eigenvalue weighted by molar-refractivity contribution is -0.898. The Morgan fingerprint density at radius 3 is 2.89 bits per heavy atom. The number of aromatic nitrogens is 1. The molecule has 2 heterocycles. The van der Waals surface area contributed by atoms with Crippen molar-refractivity contribution in [1.82, 2.24) is 10.3 Å². The second-order valence-electron chi connectivity index (χ2n) is 7.11. The number of thiazole rings is 1. The lowest BCUT2D eigenvalue weighted by atomic mass is 9.99. The minimum atomic E-state index is -0.279. The zero-order valence-corrected chi connectivity index (χ0v) is 15.9. The number of hydrogen-bond donors (Lipinski definition) is 2. The van der Waals surface area contributed by atoms with E-state index in [1.165, 1.54) is 20.7 Å². The lowest BCUT2D eigenvalue weighted by Crippen LogP contribution is -3.14. The first-order valence-corrected chi connectivity index (χ1v) is 10.2. The van der Waals surface area contributed by atoms with Crippen LogP contribution in [-0.4, -0.2) is 30.5 Å². The SMILES string of the molecule is O=C(C[NH+]1CCC[C@H](c2nc3ccccc3s2)C1)NCc1ccccc1F. The molecule has 0 aliphatic carbocycles. The summed E-state index contributed by atoms with van der Waals surface area (Å²) < 4.78 is 14.9. The molecule has 1 unspecified atom stereocenters. The van der Waals surface area contributed by atoms with Crippen LogP contribution in [0.15, 0.2) is 48.5 Å². The van der Waals surface area contributed by atoms with Crippen molar-refractivity contribution in [3.63, 3.8) is 0 Å². The number of quaternary nitrogens is 1. The van der Waals surface area contributed by atoms with E-state index in [1.807, 2.05) is 12.1 Å². The zero-order chi connectivity index (χ0) is 18.6. The monoisotopic (exact) mass is 384 g/mol. The van der Waals surface area contributed by atoms with Crippen LogP contribution in [-0.2, 0) is 11.3 Å². The van der Waals surface area contributed by atoms with Gasteiger partial charge in [-0.2, -0.15) is 0 Å². The maximum Gasteiger partial charge on any atom is 0.275 e. The molecule has 1 fully saturated rings. The van der Waals surface area contributed by atoms with E-state index in [-0.39, 0.29) is 18.3 Å². The van der Waals surface area contributed by atoms with Crippen molar-refractivity contribution in [1.29, 1.82) is 0 Å². The number of carbonyl (C=O) groups is 1. The fraction of sp³-hybridized carbons (Fsp3) is 0.333. The van der Waals surface area contributed by atoms with E-state index in [4.69, 9.17) is 4.98 Å². The Kier molecular flexibility index (Phi) is 5.45. The molecule has 4 rings (SSSR count). The van der Waals surface area contributed by atoms with Gasteiger partial charge in [0.2, 0.25) is 0 Å². The minimum Gasteiger partial charge on any atom is -0.347 e. The molecule has 140 valence electrons. The summed E-state index contributed by atoms with van der Waals surface area (Å²) in [5.41, 5.74) is 1.58. The van der Waals surface area contributed by atoms with E-state index in [1.54, 1.807) is 29.5 Å². The van der Waals surface area contributed by atoms with Crippen LogP contribution >= 0.6 is 11.3 Å². The fourth-order valence-corrected chi connectivity index (χ4v) is 4.81. The largest absolute Gasteiger partial charge is 0.347 e. The summed E-state index contributed by atoms with van der Waals surface area (Å²) in [6.07, 6.45) is 2.22. The number of benzene rings is 2. The number of para-hydroxylation sites is 1. The van der Waals surface area contributed by atoms with Crippen LogP contribution in [0.1, 0.15) is 29.3 Å². The van der Waals surface area contributed by atoms with Crippen molar-refractivity contribution in [2.75, 3.05) is 19.6 Å². The van der Waals surface area contributed by atoms with E-state index >= 15 is 0 Å². The molecule has 1 aliphatic rings. The van der Waals surface area contributed by atoms with Crippen LogP contribution < -0.4 is 10.2 Å². The normalized spacial score (nSPS) is 19.9. The zero-order valence-electron chi connectivity index (χ0n) is 15.1. The number of likely N-dealkylation sites (tertiary alicyclic amines) is 1. The Morgan fingerprint density at radius 1 is 1.22 bits per heavy atom. The van der Waals surface area contributed by atoms with Gasteiger partial charge in [-0.05, 0) is 31.0 Å². The van der Waals surface area contributed by atoms with Gasteiger partial charge in [0.05, 0.1) is 29.2 Å². The quantitative estimate of drug-likeness (QED) is 0.710. The molecule has 4 nitrogen and oxygen atoms in total. The molecule has 27 heavy (non-hydrogen) atoms. The van der Waals surface area contributed by atoms with Crippen LogP contribution in [0.2, 0.25) is 0 Å². The Labute approximate surface area is 162 Å². The molecule has 2 N–H and O–H groups in total. The first-order chi connectivity index (χ1) is 13.2. The molecule has 1 saturated heterocycles. The van der Waals surface area contributed by atoms with E-state index in [9.17, 15) is 9.18 Å². The van der Waals surface area contributed by atoms with Gasteiger partial charge >= 0.3 is 0 Å². The summed E-state index contributed by atoms with van der Waals surface area (Å²) in [7, 11) is 0. The van der Waals surface area contributed by atoms with Gasteiger partial charge in [0.15, 0.2) is 6.54 Å². The molecular weight excluding hydrogens is 361 g/mol. The standard InChI is InChI=1S/C21H22FN3OS/c22-17-8-2-1-6-15(17)12-23-20(26)14-25-11-5-7-16(13-25)21-24-18-9-3-4-10-19(18)27-21/h1-4,6,8-10,16H,5,7,11-14H2,(H,23,26)/p+1/t16-/m0/s1. The summed E-state index contributed by atoms with van der Waals surface area (Å²) in [6.45, 7) is 2.58. The summed E-state index contributed by atoms with van der Waals surface area (Å²) in [4.78, 5) is 18.4. The van der Waals surface area contributed by atoms with Crippen molar-refractivity contribution in [3.8, 4) is 0 Å². The molecule has 0 bridgehead atoms. The Bertz CT molecular complexity index is 909. The highest BCUT2D eigenvalue weighted by atomic mass is 32.1. The molecule has 0 saturated carbocycles. The minimum absolute atomic E-state index is 0.0294. The van der Waals surface area contributed by atoms with E-state index < -0.39 is 0 Å². The van der Waals surface area contributed by atoms with E-state index in [2.05, 4.69) is 17.4 Å². The highest BCUT2D eigenvalue weighted by Gasteiger charge is 2.28. The van der Waals surface area contributed by atoms with Gasteiger partial charge in [-0.25, -0.2) is 9.37 Å². The van der Waals surface area contributed by atoms with E-state index in [0.717, 1.165) is 31.4 Å². The first kappa shape index (κ1) is 18.1. The molecular formula is C21H23FN3OS+. The van der Waals surface area contributed by atoms with Crippen LogP contribution in [0.5, 0.6) is 0 Å². The Hall–Kier alpha value is -2.31. The number of piperidine rings is 1. The van der Waals surface area contributed by atoms with E-state index in [0.29, 0.717) is 18.0 Å². The van der Waals surface area contributed by atoms with Gasteiger partial charge in [0.1, 0.15) is 10.8 Å². The van der Waals surface area contributed by atoms with Crippen molar-refractivity contribution >= 4 is 27.5 Å². The van der Waals surface area contributed by atoms with Crippen LogP contribution in [0.4, 0.5) is 4.39 Å². The number of hydrogen-bond acceptors (Lipinski definition) is 3. The Balaban J connectivity index is 1.34. The number of nitrogens with one attached hydrogen (secondary N) is 2. The summed E-state index contributed by atoms with van der Waals surface area (Å²) >= 11 is 1.77. The summed E-state index contributed by atoms with van der Waals surface area (Å²) in [6, 6.07) is 14.8. The molecule has 0 spiro atoms. The van der Waals surface area contributed by atoms with Crippen LogP contribution in [0.25, 0.3) is 10.2 Å². The topological polar surface area (TPSA) is 46.4 Å². The molecule has 6 heteroatoms. The predicted molar refractivity (Wildman–Crippen MR) is 105 cm³/mol. The molecule has 2 aromatic carbocycles. The maximum atomic E-state index is 13.7. The average molecular weight is 385 g/mol. The first-order valence-electron chi connectivity index (χ1n) is 9.38. The second-order valence-corrected chi connectivity index (χ2v) is 8.17. The second kappa shape index (κ2) is 8.15. The third-order valence-electron chi connectivity index (χ3n) is 5.12. The lowest BCUT2D eigenvalue weighted by Gasteiger charge is -2.28. The number of rotatable bonds is 5. The summed E-state index contributed by atoms with van der Waals surface area (Å²) in [5, 5.41) is 4.03. The van der Waals surface area contributed by atoms with Gasteiger partial charge in [0, 0.05) is 12.1 Å². The van der Waals surface area contributed by atoms with Gasteiger partial charge in [-0.3, -0.25) is 4.79 Å². The molecule has 1 aromatic heterocycles. The molecule has 3 aromatic rings. The predicted octanol–water partition coefficient (Wildman–Crippen LogP) is 2.51. The van der Waals surface area contributed by atoms with Gasteiger partial charge in [0.25, 0.3) is 5.91 Å². The molecule has 1 aliphatic heterocycles. The Morgan fingerprint density at radius 2 is 2.04 bits per heavy atom. The average Bonchev–Trinajstić information content (AvgIpc) is 3.12. The van der Waals surface area contributed by atoms with Crippen molar-refractivity contribution in [2.45, 2.75) is 25.3 Å². The fourth-order valence-electron chi connectivity index (χ4n) is 3.71. The van der Waals surface area contributed by atoms with Gasteiger partial charge < -0.3 is 10.2 Å². The molecule has 2 atom stereocenters. The highest BCUT2D eigenvalue weighted by molar-refractivity contribution is 7.18. The third-order valence-corrected chi connectivity index (χ3v) is 6.32. The number of fused-ring (bicyclic) bond motifs is 1. The third kappa shape index (κ3) is 4.34. The van der Waals surface area contributed by atoms with Gasteiger partial charge in [-0.15, -0.1) is 11.3 Å². The number of nitrogens with zero attached hydrogens (tertiary/aromatic N) is 1. The van der Waals surface area contributed by atoms with Crippen molar-refractivity contribution in [3.05, 3.63) is 64.9 Å². The number of amides is 1. The van der Waals surface area contributed by atoms with Crippen LogP contribution in [0.3, 0.4) is 0 Å². The van der Waals surface area contributed by atoms with Crippen molar-refractivity contribution in [2.24, 2.45) is 0 Å². The highest BCUT2D eigenvalue weighted by Crippen LogP contribution is 2.30. The smallest absolute Gasteiger partial charge is 0.275 e. The molecule has 1 amide bonds. The maximum absolute atomic E-state index is 13.7. The van der Waals surface area contributed by atoms with Crippen LogP contribution in [0, 0.1) is 5.82 Å². The van der Waals surface area contributed by atoms with Crippen molar-refractivity contribution < 1.29 is 14.1 Å². The summed E-state index contributed by atoms with van der Waals surface area (Å²) in [5.74, 6) is 0.0998. The number of halogens is 1. The number of carbonyl (C=O) groups excluding carboxylic acids is 1. The molecule has 0 radical (unpaired) electrons. The van der Waals surface area contributed by atoms with Gasteiger partial charge in [-0.1, -0.05) is 30.3 Å².